The average Bonchev–Trinajstić information content (AvgIpc) is 2.69. The molecule has 1 aromatic carbocycles. The lowest BCUT2D eigenvalue weighted by Gasteiger charge is -2.31. The molecule has 0 radical (unpaired) electrons. The molecule has 1 N–H and O–H groups in total. The van der Waals surface area contributed by atoms with Crippen LogP contribution in [-0.2, 0) is 6.18 Å². The van der Waals surface area contributed by atoms with E-state index in [9.17, 15) is 18.0 Å². The highest BCUT2D eigenvalue weighted by molar-refractivity contribution is 5.94. The number of carbonyl (C=O) groups excluding carboxylic acids is 1. The monoisotopic (exact) mass is 393 g/mol. The molecule has 1 aliphatic rings. The first-order valence-electron chi connectivity index (χ1n) is 9.19. The maximum Gasteiger partial charge on any atom is 0.417 e. The van der Waals surface area contributed by atoms with Crippen LogP contribution in [0.3, 0.4) is 0 Å². The number of amides is 1. The molecule has 8 heteroatoms. The van der Waals surface area contributed by atoms with E-state index in [1.807, 2.05) is 0 Å². The molecule has 1 aromatic heterocycles. The molecule has 1 aliphatic heterocycles. The molecule has 1 fully saturated rings. The molecule has 28 heavy (non-hydrogen) atoms. The fourth-order valence-electron chi connectivity index (χ4n) is 3.07. The van der Waals surface area contributed by atoms with Crippen LogP contribution in [0.15, 0.2) is 42.6 Å². The molecule has 0 saturated carbocycles. The van der Waals surface area contributed by atoms with Gasteiger partial charge in [0.25, 0.3) is 5.91 Å². The molecule has 0 spiro atoms. The van der Waals surface area contributed by atoms with Crippen molar-refractivity contribution in [3.05, 3.63) is 53.7 Å². The van der Waals surface area contributed by atoms with E-state index < -0.39 is 11.7 Å². The Balaban J connectivity index is 1.55. The summed E-state index contributed by atoms with van der Waals surface area (Å²) in [6, 6.07) is 8.66. The predicted octanol–water partition coefficient (Wildman–Crippen LogP) is 4.11. The van der Waals surface area contributed by atoms with Crippen molar-refractivity contribution in [3.8, 4) is 11.6 Å². The number of hydrogen-bond donors (Lipinski definition) is 1. The molecular weight excluding hydrogens is 371 g/mol. The van der Waals surface area contributed by atoms with E-state index in [-0.39, 0.29) is 17.8 Å². The molecule has 2 aromatic rings. The van der Waals surface area contributed by atoms with E-state index in [0.717, 1.165) is 50.8 Å². The number of halogens is 3. The van der Waals surface area contributed by atoms with Crippen molar-refractivity contribution in [2.45, 2.75) is 32.0 Å². The topological polar surface area (TPSA) is 54.5 Å². The van der Waals surface area contributed by atoms with Crippen LogP contribution in [-0.4, -0.2) is 41.5 Å². The van der Waals surface area contributed by atoms with Gasteiger partial charge in [-0.25, -0.2) is 4.98 Å². The van der Waals surface area contributed by atoms with Gasteiger partial charge < -0.3 is 15.0 Å². The van der Waals surface area contributed by atoms with Gasteiger partial charge in [0.2, 0.25) is 5.88 Å². The average molecular weight is 393 g/mol. The SMILES string of the molecule is CCN1CCC(NC(=O)c2ccc(Oc3ccc(C(F)(F)F)cn3)cc2)CC1. The minimum absolute atomic E-state index is 0.0490. The lowest BCUT2D eigenvalue weighted by Crippen LogP contribution is -2.44. The molecule has 5 nitrogen and oxygen atoms in total. The number of nitrogens with zero attached hydrogens (tertiary/aromatic N) is 2. The van der Waals surface area contributed by atoms with Crippen LogP contribution in [0.1, 0.15) is 35.7 Å². The molecule has 1 saturated heterocycles. The Morgan fingerprint density at radius 3 is 2.39 bits per heavy atom. The summed E-state index contributed by atoms with van der Waals surface area (Å²) in [5, 5.41) is 3.04. The van der Waals surface area contributed by atoms with Crippen molar-refractivity contribution in [1.82, 2.24) is 15.2 Å². The van der Waals surface area contributed by atoms with Crippen LogP contribution in [0.5, 0.6) is 11.6 Å². The number of pyridine rings is 1. The van der Waals surface area contributed by atoms with Gasteiger partial charge in [0.05, 0.1) is 5.56 Å². The van der Waals surface area contributed by atoms with Crippen LogP contribution in [0.4, 0.5) is 13.2 Å². The second-order valence-electron chi connectivity index (χ2n) is 6.69. The summed E-state index contributed by atoms with van der Waals surface area (Å²) in [4.78, 5) is 18.4. The van der Waals surface area contributed by atoms with E-state index in [0.29, 0.717) is 11.3 Å². The highest BCUT2D eigenvalue weighted by Gasteiger charge is 2.30. The van der Waals surface area contributed by atoms with E-state index in [2.05, 4.69) is 22.1 Å². The summed E-state index contributed by atoms with van der Waals surface area (Å²) in [6.45, 7) is 5.11. The number of rotatable bonds is 5. The van der Waals surface area contributed by atoms with E-state index in [4.69, 9.17) is 4.74 Å². The van der Waals surface area contributed by atoms with Gasteiger partial charge in [-0.15, -0.1) is 0 Å². The first kappa shape index (κ1) is 20.1. The van der Waals surface area contributed by atoms with Gasteiger partial charge in [-0.2, -0.15) is 13.2 Å². The number of aromatic nitrogens is 1. The number of alkyl halides is 3. The molecule has 0 aliphatic carbocycles. The highest BCUT2D eigenvalue weighted by Crippen LogP contribution is 2.30. The smallest absolute Gasteiger partial charge is 0.417 e. The van der Waals surface area contributed by atoms with Gasteiger partial charge >= 0.3 is 6.18 Å². The van der Waals surface area contributed by atoms with Crippen LogP contribution < -0.4 is 10.1 Å². The quantitative estimate of drug-likeness (QED) is 0.831. The van der Waals surface area contributed by atoms with Crippen molar-refractivity contribution >= 4 is 5.91 Å². The summed E-state index contributed by atoms with van der Waals surface area (Å²) >= 11 is 0. The molecule has 0 atom stereocenters. The predicted molar refractivity (Wildman–Crippen MR) is 98.4 cm³/mol. The second kappa shape index (κ2) is 8.60. The Labute approximate surface area is 161 Å². The van der Waals surface area contributed by atoms with Crippen molar-refractivity contribution < 1.29 is 22.7 Å². The van der Waals surface area contributed by atoms with E-state index in [1.54, 1.807) is 24.3 Å². The number of nitrogens with one attached hydrogen (secondary N) is 1. The maximum atomic E-state index is 12.6. The number of carbonyl (C=O) groups is 1. The van der Waals surface area contributed by atoms with Crippen LogP contribution in [0.2, 0.25) is 0 Å². The Morgan fingerprint density at radius 2 is 1.86 bits per heavy atom. The largest absolute Gasteiger partial charge is 0.439 e. The number of hydrogen-bond acceptors (Lipinski definition) is 4. The molecular formula is C20H22F3N3O2. The third kappa shape index (κ3) is 5.22. The lowest BCUT2D eigenvalue weighted by atomic mass is 10.0. The first-order valence-corrected chi connectivity index (χ1v) is 9.19. The van der Waals surface area contributed by atoms with E-state index in [1.165, 1.54) is 0 Å². The third-order valence-electron chi connectivity index (χ3n) is 4.77. The summed E-state index contributed by atoms with van der Waals surface area (Å²) < 4.78 is 43.1. The third-order valence-corrected chi connectivity index (χ3v) is 4.77. The molecule has 0 unspecified atom stereocenters. The number of likely N-dealkylation sites (tertiary alicyclic amines) is 1. The van der Waals surface area contributed by atoms with Crippen molar-refractivity contribution in [1.29, 1.82) is 0 Å². The molecule has 3 rings (SSSR count). The fraction of sp³-hybridized carbons (Fsp3) is 0.400. The Hall–Kier alpha value is -2.61. The zero-order valence-corrected chi connectivity index (χ0v) is 15.5. The Morgan fingerprint density at radius 1 is 1.18 bits per heavy atom. The van der Waals surface area contributed by atoms with Crippen LogP contribution >= 0.6 is 0 Å². The number of ether oxygens (including phenoxy) is 1. The normalized spacial score (nSPS) is 16.0. The lowest BCUT2D eigenvalue weighted by molar-refractivity contribution is -0.137. The maximum absolute atomic E-state index is 12.6. The first-order chi connectivity index (χ1) is 13.3. The van der Waals surface area contributed by atoms with Crippen LogP contribution in [0, 0.1) is 0 Å². The van der Waals surface area contributed by atoms with Gasteiger partial charge in [0, 0.05) is 37.0 Å². The fourth-order valence-corrected chi connectivity index (χ4v) is 3.07. The summed E-state index contributed by atoms with van der Waals surface area (Å²) in [5.41, 5.74) is -0.331. The molecule has 0 bridgehead atoms. The molecule has 150 valence electrons. The number of piperidine rings is 1. The van der Waals surface area contributed by atoms with E-state index >= 15 is 0 Å². The van der Waals surface area contributed by atoms with Gasteiger partial charge in [0.15, 0.2) is 0 Å². The van der Waals surface area contributed by atoms with Crippen LogP contribution in [0.25, 0.3) is 0 Å². The van der Waals surface area contributed by atoms with Gasteiger partial charge in [-0.05, 0) is 49.7 Å². The minimum atomic E-state index is -4.44. The van der Waals surface area contributed by atoms with Gasteiger partial charge in [-0.3, -0.25) is 4.79 Å². The zero-order chi connectivity index (χ0) is 20.1. The molecule has 2 heterocycles. The standard InChI is InChI=1S/C20H22F3N3O2/c1-2-26-11-9-16(10-12-26)25-19(27)14-3-6-17(7-4-14)28-18-8-5-15(13-24-18)20(21,22)23/h3-8,13,16H,2,9-12H2,1H3,(H,25,27). The summed E-state index contributed by atoms with van der Waals surface area (Å²) in [5.74, 6) is 0.294. The zero-order valence-electron chi connectivity index (χ0n) is 15.5. The molecule has 1 amide bonds. The van der Waals surface area contributed by atoms with Gasteiger partial charge in [-0.1, -0.05) is 6.92 Å². The summed E-state index contributed by atoms with van der Waals surface area (Å²) in [7, 11) is 0. The minimum Gasteiger partial charge on any atom is -0.439 e. The second-order valence-corrected chi connectivity index (χ2v) is 6.69. The van der Waals surface area contributed by atoms with Crippen molar-refractivity contribution in [2.24, 2.45) is 0 Å². The van der Waals surface area contributed by atoms with Crippen molar-refractivity contribution in [3.63, 3.8) is 0 Å². The van der Waals surface area contributed by atoms with Crippen molar-refractivity contribution in [2.75, 3.05) is 19.6 Å². The van der Waals surface area contributed by atoms with Gasteiger partial charge in [0.1, 0.15) is 5.75 Å². The number of benzene rings is 1. The summed E-state index contributed by atoms with van der Waals surface area (Å²) in [6.07, 6.45) is -1.85. The Kier molecular flexibility index (Phi) is 6.18. The highest BCUT2D eigenvalue weighted by atomic mass is 19.4. The Bertz CT molecular complexity index is 784.